The van der Waals surface area contributed by atoms with Gasteiger partial charge in [-0.3, -0.25) is 14.9 Å². The van der Waals surface area contributed by atoms with E-state index in [1.807, 2.05) is 13.8 Å². The fourth-order valence-corrected chi connectivity index (χ4v) is 3.40. The maximum atomic E-state index is 13.2. The summed E-state index contributed by atoms with van der Waals surface area (Å²) in [6.45, 7) is 11.9. The number of hydrogen-bond acceptors (Lipinski definition) is 5. The van der Waals surface area contributed by atoms with Gasteiger partial charge in [0, 0.05) is 5.56 Å². The summed E-state index contributed by atoms with van der Waals surface area (Å²) in [5, 5.41) is 2.24. The Morgan fingerprint density at radius 2 is 1.76 bits per heavy atom. The van der Waals surface area contributed by atoms with Crippen LogP contribution in [0.1, 0.15) is 23.6 Å². The van der Waals surface area contributed by atoms with Gasteiger partial charge in [0.2, 0.25) is 0 Å². The maximum absolute atomic E-state index is 13.2. The zero-order valence-electron chi connectivity index (χ0n) is 18.7. The summed E-state index contributed by atoms with van der Waals surface area (Å²) < 4.78 is 11.5. The second-order valence-electron chi connectivity index (χ2n) is 7.33. The van der Waals surface area contributed by atoms with Crippen molar-refractivity contribution < 1.29 is 23.9 Å². The van der Waals surface area contributed by atoms with E-state index in [2.05, 4.69) is 18.5 Å². The second-order valence-corrected chi connectivity index (χ2v) is 7.33. The topological polar surface area (TPSA) is 84.9 Å². The summed E-state index contributed by atoms with van der Waals surface area (Å²) in [5.41, 5.74) is 2.52. The number of anilines is 1. The average molecular weight is 447 g/mol. The molecule has 0 atom stereocenters. The molecule has 1 aliphatic rings. The zero-order valence-corrected chi connectivity index (χ0v) is 18.7. The summed E-state index contributed by atoms with van der Waals surface area (Å²) in [5.74, 6) is -0.443. The van der Waals surface area contributed by atoms with E-state index in [1.165, 1.54) is 6.08 Å². The van der Waals surface area contributed by atoms with Crippen LogP contribution in [0.3, 0.4) is 0 Å². The lowest BCUT2D eigenvalue weighted by molar-refractivity contribution is -0.122. The summed E-state index contributed by atoms with van der Waals surface area (Å²) in [7, 11) is 0. The third kappa shape index (κ3) is 5.20. The van der Waals surface area contributed by atoms with Crippen LogP contribution >= 0.6 is 0 Å². The van der Waals surface area contributed by atoms with Crippen molar-refractivity contribution in [2.24, 2.45) is 0 Å². The van der Waals surface area contributed by atoms with Crippen LogP contribution in [0, 0.1) is 6.92 Å². The van der Waals surface area contributed by atoms with Crippen LogP contribution in [0.4, 0.5) is 10.5 Å². The van der Waals surface area contributed by atoms with Gasteiger partial charge in [-0.15, -0.1) is 6.58 Å². The highest BCUT2D eigenvalue weighted by molar-refractivity contribution is 6.39. The van der Waals surface area contributed by atoms with E-state index in [1.54, 1.807) is 48.6 Å². The average Bonchev–Trinajstić information content (AvgIpc) is 2.78. The van der Waals surface area contributed by atoms with E-state index in [9.17, 15) is 14.4 Å². The predicted molar refractivity (Wildman–Crippen MR) is 127 cm³/mol. The summed E-state index contributed by atoms with van der Waals surface area (Å²) in [6, 6.07) is 9.57. The molecule has 2 aromatic rings. The van der Waals surface area contributed by atoms with Gasteiger partial charge >= 0.3 is 6.03 Å². The minimum atomic E-state index is -0.790. The van der Waals surface area contributed by atoms with E-state index >= 15 is 0 Å². The number of ether oxygens (including phenoxy) is 2. The van der Waals surface area contributed by atoms with E-state index in [4.69, 9.17) is 9.47 Å². The van der Waals surface area contributed by atoms with Crippen molar-refractivity contribution in [1.82, 2.24) is 5.32 Å². The molecule has 0 radical (unpaired) electrons. The van der Waals surface area contributed by atoms with Crippen LogP contribution in [0.2, 0.25) is 0 Å². The smallest absolute Gasteiger partial charge is 0.335 e. The van der Waals surface area contributed by atoms with E-state index in [0.29, 0.717) is 42.4 Å². The Bertz CT molecular complexity index is 1130. The number of barbiturate groups is 1. The highest BCUT2D eigenvalue weighted by Gasteiger charge is 2.36. The van der Waals surface area contributed by atoms with Crippen molar-refractivity contribution in [3.63, 3.8) is 0 Å². The lowest BCUT2D eigenvalue weighted by Crippen LogP contribution is -2.54. The number of allylic oxidation sites excluding steroid dienone is 1. The van der Waals surface area contributed by atoms with E-state index in [0.717, 1.165) is 16.0 Å². The lowest BCUT2D eigenvalue weighted by Gasteiger charge is -2.26. The third-order valence-corrected chi connectivity index (χ3v) is 4.87. The first-order valence-electron chi connectivity index (χ1n) is 10.5. The number of carbonyl (C=O) groups is 3. The summed E-state index contributed by atoms with van der Waals surface area (Å²) in [6.07, 6.45) is 5.28. The molecule has 170 valence electrons. The number of hydrogen-bond donors (Lipinski definition) is 1. The standard InChI is InChI=1S/C26H26N2O5/c1-5-8-19-14-18(16-22(32-7-3)23(19)33-13-6-2)15-21-24(29)27-26(31)28(25(21)30)20-11-9-17(4)10-12-20/h5-6,9-12,14-16H,1-2,7-8,13H2,3-4H3,(H,27,29,31)/b21-15+. The number of imide groups is 2. The quantitative estimate of drug-likeness (QED) is 0.352. The zero-order chi connectivity index (χ0) is 24.0. The number of rotatable bonds is 9. The number of urea groups is 1. The molecule has 0 saturated carbocycles. The van der Waals surface area contributed by atoms with Gasteiger partial charge in [-0.2, -0.15) is 0 Å². The number of aryl methyl sites for hydroxylation is 1. The fraction of sp³-hybridized carbons (Fsp3) is 0.192. The molecule has 1 heterocycles. The Morgan fingerprint density at radius 3 is 2.39 bits per heavy atom. The molecule has 1 saturated heterocycles. The monoisotopic (exact) mass is 446 g/mol. The first-order chi connectivity index (χ1) is 15.9. The van der Waals surface area contributed by atoms with Gasteiger partial charge in [0.1, 0.15) is 12.2 Å². The minimum absolute atomic E-state index is 0.165. The lowest BCUT2D eigenvalue weighted by atomic mass is 10.0. The van der Waals surface area contributed by atoms with Gasteiger partial charge in [0.15, 0.2) is 11.5 Å². The summed E-state index contributed by atoms with van der Waals surface area (Å²) >= 11 is 0. The molecule has 33 heavy (non-hydrogen) atoms. The van der Waals surface area contributed by atoms with Crippen molar-refractivity contribution in [3.8, 4) is 11.5 Å². The van der Waals surface area contributed by atoms with Gasteiger partial charge in [0.25, 0.3) is 11.8 Å². The van der Waals surface area contributed by atoms with Crippen molar-refractivity contribution in [2.45, 2.75) is 20.3 Å². The van der Waals surface area contributed by atoms with Gasteiger partial charge in [-0.1, -0.05) is 36.4 Å². The molecule has 0 aliphatic carbocycles. The number of amides is 4. The van der Waals surface area contributed by atoms with Crippen LogP contribution in [-0.4, -0.2) is 31.1 Å². The Morgan fingerprint density at radius 1 is 1.03 bits per heavy atom. The Labute approximate surface area is 193 Å². The fourth-order valence-electron chi connectivity index (χ4n) is 3.40. The molecule has 2 aromatic carbocycles. The van der Waals surface area contributed by atoms with Crippen LogP contribution in [0.15, 0.2) is 67.3 Å². The minimum Gasteiger partial charge on any atom is -0.490 e. The highest BCUT2D eigenvalue weighted by atomic mass is 16.5. The molecule has 1 fully saturated rings. The molecule has 0 bridgehead atoms. The van der Waals surface area contributed by atoms with E-state index in [-0.39, 0.29) is 5.57 Å². The van der Waals surface area contributed by atoms with Crippen molar-refractivity contribution in [1.29, 1.82) is 0 Å². The van der Waals surface area contributed by atoms with Crippen LogP contribution in [0.25, 0.3) is 6.08 Å². The Balaban J connectivity index is 2.07. The number of carbonyl (C=O) groups excluding carboxylic acids is 3. The molecule has 1 aliphatic heterocycles. The van der Waals surface area contributed by atoms with Crippen LogP contribution in [0.5, 0.6) is 11.5 Å². The molecular formula is C26H26N2O5. The molecule has 3 rings (SSSR count). The molecule has 0 unspecified atom stereocenters. The first kappa shape index (κ1) is 23.5. The van der Waals surface area contributed by atoms with Gasteiger partial charge in [0.05, 0.1) is 12.3 Å². The largest absolute Gasteiger partial charge is 0.490 e. The molecular weight excluding hydrogens is 420 g/mol. The van der Waals surface area contributed by atoms with E-state index < -0.39 is 17.8 Å². The Hall–Kier alpha value is -4.13. The van der Waals surface area contributed by atoms with Crippen molar-refractivity contribution >= 4 is 29.6 Å². The molecule has 4 amide bonds. The van der Waals surface area contributed by atoms with Gasteiger partial charge < -0.3 is 9.47 Å². The Kier molecular flexibility index (Phi) is 7.46. The second kappa shape index (κ2) is 10.5. The SMILES string of the molecule is C=CCOc1c(CC=C)cc(/C=C2\C(=O)NC(=O)N(c3ccc(C)cc3)C2=O)cc1OCC. The number of benzene rings is 2. The highest BCUT2D eigenvalue weighted by Crippen LogP contribution is 2.35. The number of nitrogens with one attached hydrogen (secondary N) is 1. The normalized spacial score (nSPS) is 14.8. The molecule has 1 N–H and O–H groups in total. The molecule has 7 nitrogen and oxygen atoms in total. The molecule has 7 heteroatoms. The first-order valence-corrected chi connectivity index (χ1v) is 10.5. The maximum Gasteiger partial charge on any atom is 0.335 e. The summed E-state index contributed by atoms with van der Waals surface area (Å²) in [4.78, 5) is 39.1. The predicted octanol–water partition coefficient (Wildman–Crippen LogP) is 4.35. The van der Waals surface area contributed by atoms with Crippen molar-refractivity contribution in [3.05, 3.63) is 84.0 Å². The molecule has 0 aromatic heterocycles. The van der Waals surface area contributed by atoms with Gasteiger partial charge in [-0.05, 0) is 56.2 Å². The van der Waals surface area contributed by atoms with Crippen LogP contribution < -0.4 is 19.7 Å². The molecule has 0 spiro atoms. The van der Waals surface area contributed by atoms with Crippen LogP contribution in [-0.2, 0) is 16.0 Å². The van der Waals surface area contributed by atoms with Crippen molar-refractivity contribution in [2.75, 3.05) is 18.1 Å². The third-order valence-electron chi connectivity index (χ3n) is 4.87. The number of nitrogens with zero attached hydrogens (tertiary/aromatic N) is 1. The van der Waals surface area contributed by atoms with Gasteiger partial charge in [-0.25, -0.2) is 9.69 Å².